The molecule has 4 rings (SSSR count). The number of nitrogens with zero attached hydrogens (tertiary/aromatic N) is 4. The number of thiophene rings is 1. The number of hydrogen-bond acceptors (Lipinski definition) is 8. The number of anilines is 1. The summed E-state index contributed by atoms with van der Waals surface area (Å²) >= 11 is 5.02. The summed E-state index contributed by atoms with van der Waals surface area (Å²) in [6, 6.07) is 5.73. The highest BCUT2D eigenvalue weighted by atomic mass is 32.2. The minimum atomic E-state index is -0.0437. The third kappa shape index (κ3) is 4.29. The third-order valence-corrected chi connectivity index (χ3v) is 6.46. The zero-order chi connectivity index (χ0) is 17.8. The fourth-order valence-corrected chi connectivity index (χ4v) is 4.87. The zero-order valence-electron chi connectivity index (χ0n) is 13.9. The second-order valence-corrected chi connectivity index (χ2v) is 8.78. The number of hydrogen-bond donors (Lipinski definition) is 1. The van der Waals surface area contributed by atoms with E-state index < -0.39 is 0 Å². The average molecular weight is 404 g/mol. The molecule has 3 aromatic heterocycles. The molecule has 0 aliphatic carbocycles. The van der Waals surface area contributed by atoms with Gasteiger partial charge in [-0.2, -0.15) is 11.8 Å². The third-order valence-electron chi connectivity index (χ3n) is 3.86. The van der Waals surface area contributed by atoms with E-state index in [1.165, 1.54) is 11.3 Å². The maximum atomic E-state index is 12.4. The molecule has 0 saturated carbocycles. The van der Waals surface area contributed by atoms with Crippen molar-refractivity contribution in [3.8, 4) is 21.4 Å². The summed E-state index contributed by atoms with van der Waals surface area (Å²) in [4.78, 5) is 29.1. The number of thioether (sulfide) groups is 1. The number of carbonyl (C=O) groups is 1. The molecule has 4 heterocycles. The van der Waals surface area contributed by atoms with Crippen LogP contribution in [0.1, 0.15) is 0 Å². The Morgan fingerprint density at radius 3 is 2.81 bits per heavy atom. The first kappa shape index (κ1) is 17.6. The molecule has 0 bridgehead atoms. The number of rotatable bonds is 5. The molecule has 0 aromatic carbocycles. The number of amides is 1. The zero-order valence-corrected chi connectivity index (χ0v) is 16.4. The van der Waals surface area contributed by atoms with E-state index >= 15 is 0 Å². The summed E-state index contributed by atoms with van der Waals surface area (Å²) in [6.07, 6.45) is 1.75. The summed E-state index contributed by atoms with van der Waals surface area (Å²) < 4.78 is 0. The van der Waals surface area contributed by atoms with E-state index in [9.17, 15) is 4.79 Å². The van der Waals surface area contributed by atoms with E-state index in [4.69, 9.17) is 0 Å². The standard InChI is InChI=1S/C17H17N5OS3/c23-15(11-22-4-8-24-9-5-22)20-14-10-12(17-18-3-7-26-17)19-16(21-14)13-2-1-6-25-13/h1-3,6-7,10H,4-5,8-9,11H2,(H,19,20,21,23). The Kier molecular flexibility index (Phi) is 5.59. The number of nitrogens with one attached hydrogen (secondary N) is 1. The van der Waals surface area contributed by atoms with Crippen molar-refractivity contribution in [3.63, 3.8) is 0 Å². The SMILES string of the molecule is O=C(CN1CCSCC1)Nc1cc(-c2nccs2)nc(-c2cccs2)n1. The second-order valence-electron chi connectivity index (χ2n) is 5.71. The Hall–Kier alpha value is -1.81. The van der Waals surface area contributed by atoms with Crippen LogP contribution in [0.15, 0.2) is 35.2 Å². The predicted molar refractivity (Wildman–Crippen MR) is 109 cm³/mol. The Balaban J connectivity index is 1.57. The molecule has 1 fully saturated rings. The second kappa shape index (κ2) is 8.26. The van der Waals surface area contributed by atoms with E-state index in [2.05, 4.69) is 25.2 Å². The van der Waals surface area contributed by atoms with Gasteiger partial charge in [0.1, 0.15) is 16.5 Å². The van der Waals surface area contributed by atoms with Crippen molar-refractivity contribution in [2.24, 2.45) is 0 Å². The van der Waals surface area contributed by atoms with E-state index in [1.807, 2.05) is 34.7 Å². The summed E-state index contributed by atoms with van der Waals surface area (Å²) in [5.41, 5.74) is 0.725. The van der Waals surface area contributed by atoms with Crippen LogP contribution in [0.5, 0.6) is 0 Å². The Labute approximate surface area is 163 Å². The van der Waals surface area contributed by atoms with Gasteiger partial charge in [-0.25, -0.2) is 15.0 Å². The Morgan fingerprint density at radius 2 is 2.08 bits per heavy atom. The minimum Gasteiger partial charge on any atom is -0.309 e. The molecule has 9 heteroatoms. The summed E-state index contributed by atoms with van der Waals surface area (Å²) in [6.45, 7) is 2.30. The molecule has 1 aliphatic rings. The Bertz CT molecular complexity index is 808. The van der Waals surface area contributed by atoms with Crippen LogP contribution in [-0.2, 0) is 4.79 Å². The molecule has 1 saturated heterocycles. The highest BCUT2D eigenvalue weighted by molar-refractivity contribution is 7.99. The molecule has 0 unspecified atom stereocenters. The summed E-state index contributed by atoms with van der Waals surface area (Å²) in [5, 5.41) is 7.65. The molecule has 0 spiro atoms. The number of carbonyl (C=O) groups excluding carboxylic acids is 1. The highest BCUT2D eigenvalue weighted by Gasteiger charge is 2.16. The van der Waals surface area contributed by atoms with Gasteiger partial charge in [-0.1, -0.05) is 6.07 Å². The molecule has 1 amide bonds. The van der Waals surface area contributed by atoms with Crippen LogP contribution < -0.4 is 5.32 Å². The van der Waals surface area contributed by atoms with Gasteiger partial charge in [0.2, 0.25) is 5.91 Å². The normalized spacial score (nSPS) is 15.1. The lowest BCUT2D eigenvalue weighted by Crippen LogP contribution is -2.38. The molecule has 3 aromatic rings. The van der Waals surface area contributed by atoms with E-state index in [0.717, 1.165) is 40.2 Å². The van der Waals surface area contributed by atoms with Crippen LogP contribution in [0, 0.1) is 0 Å². The lowest BCUT2D eigenvalue weighted by molar-refractivity contribution is -0.117. The van der Waals surface area contributed by atoms with Crippen LogP contribution in [-0.4, -0.2) is 56.9 Å². The van der Waals surface area contributed by atoms with Crippen molar-refractivity contribution in [2.45, 2.75) is 0 Å². The molecule has 0 radical (unpaired) electrons. The van der Waals surface area contributed by atoms with Crippen LogP contribution in [0.2, 0.25) is 0 Å². The molecular weight excluding hydrogens is 386 g/mol. The fourth-order valence-electron chi connectivity index (χ4n) is 2.63. The van der Waals surface area contributed by atoms with Crippen molar-refractivity contribution >= 4 is 46.2 Å². The quantitative estimate of drug-likeness (QED) is 0.705. The van der Waals surface area contributed by atoms with Crippen molar-refractivity contribution in [1.82, 2.24) is 19.9 Å². The van der Waals surface area contributed by atoms with Crippen molar-refractivity contribution in [2.75, 3.05) is 36.5 Å². The van der Waals surface area contributed by atoms with Gasteiger partial charge in [0.05, 0.1) is 11.4 Å². The van der Waals surface area contributed by atoms with Gasteiger partial charge >= 0.3 is 0 Å². The molecule has 1 N–H and O–H groups in total. The van der Waals surface area contributed by atoms with Gasteiger partial charge in [0, 0.05) is 42.2 Å². The summed E-state index contributed by atoms with van der Waals surface area (Å²) in [5.74, 6) is 3.25. The van der Waals surface area contributed by atoms with E-state index in [1.54, 1.807) is 23.6 Å². The summed E-state index contributed by atoms with van der Waals surface area (Å²) in [7, 11) is 0. The lowest BCUT2D eigenvalue weighted by atomic mass is 10.3. The highest BCUT2D eigenvalue weighted by Crippen LogP contribution is 2.27. The maximum Gasteiger partial charge on any atom is 0.239 e. The predicted octanol–water partition coefficient (Wildman–Crippen LogP) is 3.32. The maximum absolute atomic E-state index is 12.4. The first-order valence-corrected chi connectivity index (χ1v) is 11.1. The fraction of sp³-hybridized carbons (Fsp3) is 0.294. The van der Waals surface area contributed by atoms with Crippen LogP contribution in [0.4, 0.5) is 5.82 Å². The smallest absolute Gasteiger partial charge is 0.239 e. The van der Waals surface area contributed by atoms with E-state index in [-0.39, 0.29) is 5.91 Å². The van der Waals surface area contributed by atoms with Gasteiger partial charge in [-0.15, -0.1) is 22.7 Å². The van der Waals surface area contributed by atoms with Crippen molar-refractivity contribution in [3.05, 3.63) is 35.2 Å². The number of thiazole rings is 1. The molecular formula is C17H17N5OS3. The van der Waals surface area contributed by atoms with Gasteiger partial charge in [-0.3, -0.25) is 9.69 Å². The largest absolute Gasteiger partial charge is 0.309 e. The van der Waals surface area contributed by atoms with Gasteiger partial charge in [0.25, 0.3) is 0 Å². The first-order valence-electron chi connectivity index (χ1n) is 8.21. The van der Waals surface area contributed by atoms with E-state index in [0.29, 0.717) is 18.2 Å². The first-order chi connectivity index (χ1) is 12.8. The van der Waals surface area contributed by atoms with Gasteiger partial charge in [0.15, 0.2) is 5.82 Å². The van der Waals surface area contributed by atoms with Crippen LogP contribution in [0.3, 0.4) is 0 Å². The van der Waals surface area contributed by atoms with Crippen molar-refractivity contribution in [1.29, 1.82) is 0 Å². The van der Waals surface area contributed by atoms with Crippen LogP contribution in [0.25, 0.3) is 21.4 Å². The minimum absolute atomic E-state index is 0.0437. The molecule has 26 heavy (non-hydrogen) atoms. The average Bonchev–Trinajstić information content (AvgIpc) is 3.36. The molecule has 1 aliphatic heterocycles. The number of aromatic nitrogens is 3. The topological polar surface area (TPSA) is 71.0 Å². The van der Waals surface area contributed by atoms with Crippen molar-refractivity contribution < 1.29 is 4.79 Å². The molecule has 134 valence electrons. The van der Waals surface area contributed by atoms with Gasteiger partial charge < -0.3 is 5.32 Å². The molecule has 0 atom stereocenters. The van der Waals surface area contributed by atoms with Gasteiger partial charge in [-0.05, 0) is 11.4 Å². The monoisotopic (exact) mass is 403 g/mol. The van der Waals surface area contributed by atoms with Crippen LogP contribution >= 0.6 is 34.4 Å². The Morgan fingerprint density at radius 1 is 1.19 bits per heavy atom. The lowest BCUT2D eigenvalue weighted by Gasteiger charge is -2.25. The molecule has 6 nitrogen and oxygen atoms in total.